The SMILES string of the molecule is O=C(Nc1cccc(F)c1)N1CCC(CCOc2ccccc2)CC1. The minimum atomic E-state index is -0.352. The number of rotatable bonds is 5. The fourth-order valence-electron chi connectivity index (χ4n) is 3.05. The number of ether oxygens (including phenoxy) is 1. The van der Waals surface area contributed by atoms with Gasteiger partial charge < -0.3 is 15.0 Å². The van der Waals surface area contributed by atoms with Crippen LogP contribution in [0, 0.1) is 11.7 Å². The highest BCUT2D eigenvalue weighted by Gasteiger charge is 2.22. The lowest BCUT2D eigenvalue weighted by Crippen LogP contribution is -2.41. The van der Waals surface area contributed by atoms with Crippen molar-refractivity contribution in [1.29, 1.82) is 0 Å². The molecule has 2 aromatic rings. The summed E-state index contributed by atoms with van der Waals surface area (Å²) >= 11 is 0. The van der Waals surface area contributed by atoms with E-state index in [-0.39, 0.29) is 11.8 Å². The number of piperidine rings is 1. The zero-order valence-electron chi connectivity index (χ0n) is 14.2. The normalized spacial score (nSPS) is 15.0. The zero-order valence-corrected chi connectivity index (χ0v) is 14.2. The number of carbonyl (C=O) groups is 1. The first-order chi connectivity index (χ1) is 12.2. The molecule has 1 heterocycles. The van der Waals surface area contributed by atoms with Crippen LogP contribution in [-0.4, -0.2) is 30.6 Å². The number of anilines is 1. The molecule has 0 bridgehead atoms. The maximum Gasteiger partial charge on any atom is 0.321 e. The van der Waals surface area contributed by atoms with Gasteiger partial charge in [-0.3, -0.25) is 0 Å². The predicted molar refractivity (Wildman–Crippen MR) is 96.3 cm³/mol. The number of hydrogen-bond donors (Lipinski definition) is 1. The number of likely N-dealkylation sites (tertiary alicyclic amines) is 1. The first-order valence-electron chi connectivity index (χ1n) is 8.70. The van der Waals surface area contributed by atoms with Crippen molar-refractivity contribution in [3.05, 3.63) is 60.4 Å². The van der Waals surface area contributed by atoms with Crippen molar-refractivity contribution in [2.75, 3.05) is 25.0 Å². The standard InChI is InChI=1S/C20H23FN2O2/c21-17-5-4-6-18(15-17)22-20(24)23-12-9-16(10-13-23)11-14-25-19-7-2-1-3-8-19/h1-8,15-16H,9-14H2,(H,22,24). The van der Waals surface area contributed by atoms with Crippen LogP contribution in [0.2, 0.25) is 0 Å². The first-order valence-corrected chi connectivity index (χ1v) is 8.70. The Morgan fingerprint density at radius 1 is 1.12 bits per heavy atom. The fourth-order valence-corrected chi connectivity index (χ4v) is 3.05. The number of nitrogens with one attached hydrogen (secondary N) is 1. The lowest BCUT2D eigenvalue weighted by atomic mass is 9.94. The van der Waals surface area contributed by atoms with E-state index < -0.39 is 0 Å². The molecule has 1 N–H and O–H groups in total. The molecule has 5 heteroatoms. The predicted octanol–water partition coefficient (Wildman–Crippen LogP) is 4.54. The monoisotopic (exact) mass is 342 g/mol. The minimum absolute atomic E-state index is 0.162. The topological polar surface area (TPSA) is 41.6 Å². The summed E-state index contributed by atoms with van der Waals surface area (Å²) in [5, 5.41) is 2.75. The summed E-state index contributed by atoms with van der Waals surface area (Å²) in [6.07, 6.45) is 2.93. The summed E-state index contributed by atoms with van der Waals surface area (Å²) in [7, 11) is 0. The van der Waals surface area contributed by atoms with E-state index in [1.54, 1.807) is 17.0 Å². The Morgan fingerprint density at radius 2 is 1.88 bits per heavy atom. The van der Waals surface area contributed by atoms with Crippen molar-refractivity contribution in [2.24, 2.45) is 5.92 Å². The summed E-state index contributed by atoms with van der Waals surface area (Å²) in [6, 6.07) is 15.6. The third-order valence-electron chi connectivity index (χ3n) is 4.52. The highest BCUT2D eigenvalue weighted by molar-refractivity contribution is 5.89. The van der Waals surface area contributed by atoms with E-state index >= 15 is 0 Å². The molecule has 1 fully saturated rings. The summed E-state index contributed by atoms with van der Waals surface area (Å²) in [6.45, 7) is 2.14. The second kappa shape index (κ2) is 8.51. The van der Waals surface area contributed by atoms with Crippen molar-refractivity contribution in [3.63, 3.8) is 0 Å². The molecular weight excluding hydrogens is 319 g/mol. The van der Waals surface area contributed by atoms with Crippen LogP contribution in [0.25, 0.3) is 0 Å². The average molecular weight is 342 g/mol. The van der Waals surface area contributed by atoms with Crippen LogP contribution in [0.15, 0.2) is 54.6 Å². The Hall–Kier alpha value is -2.56. The van der Waals surface area contributed by atoms with E-state index in [1.807, 2.05) is 30.3 Å². The van der Waals surface area contributed by atoms with E-state index in [0.717, 1.165) is 38.1 Å². The molecule has 132 valence electrons. The second-order valence-corrected chi connectivity index (χ2v) is 6.32. The van der Waals surface area contributed by atoms with Gasteiger partial charge in [0.25, 0.3) is 0 Å². The molecule has 0 spiro atoms. The Morgan fingerprint density at radius 3 is 2.60 bits per heavy atom. The number of urea groups is 1. The number of halogens is 1. The number of benzene rings is 2. The van der Waals surface area contributed by atoms with Crippen molar-refractivity contribution < 1.29 is 13.9 Å². The van der Waals surface area contributed by atoms with Crippen LogP contribution in [0.4, 0.5) is 14.9 Å². The Kier molecular flexibility index (Phi) is 5.88. The van der Waals surface area contributed by atoms with Crippen LogP contribution in [0.3, 0.4) is 0 Å². The number of nitrogens with zero attached hydrogens (tertiary/aromatic N) is 1. The lowest BCUT2D eigenvalue weighted by Gasteiger charge is -2.32. The third-order valence-corrected chi connectivity index (χ3v) is 4.52. The summed E-state index contributed by atoms with van der Waals surface area (Å²) in [4.78, 5) is 14.0. The molecule has 0 saturated carbocycles. The molecule has 0 atom stereocenters. The molecule has 1 saturated heterocycles. The quantitative estimate of drug-likeness (QED) is 0.867. The van der Waals surface area contributed by atoms with Gasteiger partial charge in [-0.15, -0.1) is 0 Å². The fraction of sp³-hybridized carbons (Fsp3) is 0.350. The lowest BCUT2D eigenvalue weighted by molar-refractivity contribution is 0.170. The van der Waals surface area contributed by atoms with Gasteiger partial charge in [-0.1, -0.05) is 24.3 Å². The van der Waals surface area contributed by atoms with Crippen molar-refractivity contribution >= 4 is 11.7 Å². The molecule has 1 aliphatic heterocycles. The molecule has 0 unspecified atom stereocenters. The van der Waals surface area contributed by atoms with Crippen LogP contribution in [0.1, 0.15) is 19.3 Å². The van der Waals surface area contributed by atoms with Gasteiger partial charge in [-0.2, -0.15) is 0 Å². The van der Waals surface area contributed by atoms with Crippen molar-refractivity contribution in [2.45, 2.75) is 19.3 Å². The molecule has 2 amide bonds. The number of carbonyl (C=O) groups excluding carboxylic acids is 1. The Labute approximate surface area is 147 Å². The van der Waals surface area contributed by atoms with Gasteiger partial charge in [0.15, 0.2) is 0 Å². The van der Waals surface area contributed by atoms with E-state index in [1.165, 1.54) is 12.1 Å². The summed E-state index contributed by atoms with van der Waals surface area (Å²) < 4.78 is 18.9. The molecule has 0 aromatic heterocycles. The Bertz CT molecular complexity index is 685. The smallest absolute Gasteiger partial charge is 0.321 e. The van der Waals surface area contributed by atoms with Gasteiger partial charge in [0, 0.05) is 18.8 Å². The minimum Gasteiger partial charge on any atom is -0.494 e. The molecule has 25 heavy (non-hydrogen) atoms. The molecule has 2 aromatic carbocycles. The van der Waals surface area contributed by atoms with Crippen molar-refractivity contribution in [3.8, 4) is 5.75 Å². The van der Waals surface area contributed by atoms with E-state index in [2.05, 4.69) is 5.32 Å². The van der Waals surface area contributed by atoms with E-state index in [4.69, 9.17) is 4.74 Å². The van der Waals surface area contributed by atoms with Gasteiger partial charge in [-0.05, 0) is 55.5 Å². The maximum absolute atomic E-state index is 13.2. The van der Waals surface area contributed by atoms with Crippen LogP contribution >= 0.6 is 0 Å². The van der Waals surface area contributed by atoms with Crippen LogP contribution < -0.4 is 10.1 Å². The highest BCUT2D eigenvalue weighted by Crippen LogP contribution is 2.22. The van der Waals surface area contributed by atoms with Gasteiger partial charge >= 0.3 is 6.03 Å². The molecule has 1 aliphatic rings. The first kappa shape index (κ1) is 17.3. The van der Waals surface area contributed by atoms with Crippen LogP contribution in [0.5, 0.6) is 5.75 Å². The molecule has 3 rings (SSSR count). The highest BCUT2D eigenvalue weighted by atomic mass is 19.1. The van der Waals surface area contributed by atoms with Gasteiger partial charge in [0.2, 0.25) is 0 Å². The van der Waals surface area contributed by atoms with Crippen LogP contribution in [-0.2, 0) is 0 Å². The summed E-state index contributed by atoms with van der Waals surface area (Å²) in [5.74, 6) is 1.12. The van der Waals surface area contributed by atoms with Crippen molar-refractivity contribution in [1.82, 2.24) is 4.90 Å². The van der Waals surface area contributed by atoms with Gasteiger partial charge in [0.1, 0.15) is 11.6 Å². The molecule has 0 aliphatic carbocycles. The maximum atomic E-state index is 13.2. The third kappa shape index (κ3) is 5.21. The average Bonchev–Trinajstić information content (AvgIpc) is 2.63. The molecular formula is C20H23FN2O2. The second-order valence-electron chi connectivity index (χ2n) is 6.32. The summed E-state index contributed by atoms with van der Waals surface area (Å²) in [5.41, 5.74) is 0.489. The Balaban J connectivity index is 1.38. The van der Waals surface area contributed by atoms with E-state index in [0.29, 0.717) is 18.2 Å². The zero-order chi connectivity index (χ0) is 17.5. The number of para-hydroxylation sites is 1. The van der Waals surface area contributed by atoms with Gasteiger partial charge in [-0.25, -0.2) is 9.18 Å². The molecule has 4 nitrogen and oxygen atoms in total. The van der Waals surface area contributed by atoms with Gasteiger partial charge in [0.05, 0.1) is 6.61 Å². The number of amides is 2. The number of hydrogen-bond acceptors (Lipinski definition) is 2. The van der Waals surface area contributed by atoms with E-state index in [9.17, 15) is 9.18 Å². The largest absolute Gasteiger partial charge is 0.494 e. The molecule has 0 radical (unpaired) electrons.